The third-order valence-corrected chi connectivity index (χ3v) is 10.00. The molecular formula is C39H27BN2O. The lowest BCUT2D eigenvalue weighted by Crippen LogP contribution is -2.64. The van der Waals surface area contributed by atoms with Crippen molar-refractivity contribution in [3.8, 4) is 17.2 Å². The van der Waals surface area contributed by atoms with Crippen LogP contribution in [0.3, 0.4) is 0 Å². The van der Waals surface area contributed by atoms with Gasteiger partial charge in [0.25, 0.3) is 0 Å². The molecule has 0 aliphatic carbocycles. The first-order valence-corrected chi connectivity index (χ1v) is 15.1. The first kappa shape index (κ1) is 23.4. The predicted octanol–water partition coefficient (Wildman–Crippen LogP) is 7.83. The van der Waals surface area contributed by atoms with Crippen LogP contribution in [0.1, 0.15) is 25.0 Å². The first-order valence-electron chi connectivity index (χ1n) is 15.1. The number of hydrogen-bond acceptors (Lipinski definition) is 2. The Morgan fingerprint density at radius 3 is 2.26 bits per heavy atom. The highest BCUT2D eigenvalue weighted by Crippen LogP contribution is 2.52. The maximum absolute atomic E-state index is 6.54. The van der Waals surface area contributed by atoms with Crippen molar-refractivity contribution in [3.63, 3.8) is 0 Å². The van der Waals surface area contributed by atoms with Crippen LogP contribution in [-0.4, -0.2) is 11.3 Å². The summed E-state index contributed by atoms with van der Waals surface area (Å²) in [6.07, 6.45) is 0. The Labute approximate surface area is 250 Å². The molecule has 0 bridgehead atoms. The molecule has 202 valence electrons. The van der Waals surface area contributed by atoms with Crippen molar-refractivity contribution in [1.29, 1.82) is 0 Å². The molecule has 0 radical (unpaired) electrons. The van der Waals surface area contributed by atoms with E-state index >= 15 is 0 Å². The molecule has 0 amide bonds. The van der Waals surface area contributed by atoms with Crippen LogP contribution in [0.4, 0.5) is 17.1 Å². The van der Waals surface area contributed by atoms with E-state index in [-0.39, 0.29) is 12.1 Å². The second-order valence-corrected chi connectivity index (χ2v) is 12.5. The van der Waals surface area contributed by atoms with Crippen molar-refractivity contribution >= 4 is 62.0 Å². The summed E-state index contributed by atoms with van der Waals surface area (Å²) in [7, 11) is 0. The molecule has 43 heavy (non-hydrogen) atoms. The van der Waals surface area contributed by atoms with E-state index in [9.17, 15) is 0 Å². The molecular weight excluding hydrogens is 523 g/mol. The fraction of sp³-hybridized carbons (Fsp3) is 0.0769. The SMILES string of the molecule is CC1(C)c2cccc3c2B(c2cccc4c2N3c2ccccc2O4)c2ccc3c(c21)c1ccccc1n3-c1ccccc1. The molecule has 0 atom stereocenters. The average Bonchev–Trinajstić information content (AvgIpc) is 3.38. The lowest BCUT2D eigenvalue weighted by molar-refractivity contribution is 0.477. The van der Waals surface area contributed by atoms with Crippen molar-refractivity contribution in [2.75, 3.05) is 4.90 Å². The molecule has 7 aromatic rings. The van der Waals surface area contributed by atoms with Gasteiger partial charge in [0.15, 0.2) is 11.5 Å². The number of aromatic nitrogens is 1. The van der Waals surface area contributed by atoms with E-state index in [1.54, 1.807) is 0 Å². The van der Waals surface area contributed by atoms with Crippen molar-refractivity contribution < 1.29 is 4.74 Å². The summed E-state index contributed by atoms with van der Waals surface area (Å²) in [5.74, 6) is 1.81. The number of hydrogen-bond donors (Lipinski definition) is 0. The number of benzene rings is 6. The summed E-state index contributed by atoms with van der Waals surface area (Å²) in [6.45, 7) is 4.95. The number of ether oxygens (including phenoxy) is 1. The normalized spacial score (nSPS) is 15.0. The summed E-state index contributed by atoms with van der Waals surface area (Å²) < 4.78 is 8.98. The number of anilines is 3. The molecule has 0 saturated carbocycles. The molecule has 0 unspecified atom stereocenters. The largest absolute Gasteiger partial charge is 0.453 e. The van der Waals surface area contributed by atoms with Gasteiger partial charge in [-0.3, -0.25) is 0 Å². The van der Waals surface area contributed by atoms with Gasteiger partial charge in [0.1, 0.15) is 0 Å². The Morgan fingerprint density at radius 2 is 1.35 bits per heavy atom. The monoisotopic (exact) mass is 550 g/mol. The van der Waals surface area contributed by atoms with Gasteiger partial charge in [-0.15, -0.1) is 0 Å². The summed E-state index contributed by atoms with van der Waals surface area (Å²) in [6, 6.07) is 46.3. The van der Waals surface area contributed by atoms with Gasteiger partial charge in [-0.2, -0.15) is 0 Å². The summed E-state index contributed by atoms with van der Waals surface area (Å²) in [5, 5.41) is 2.66. The van der Waals surface area contributed by atoms with Gasteiger partial charge in [-0.1, -0.05) is 98.2 Å². The molecule has 0 spiro atoms. The van der Waals surface area contributed by atoms with E-state index < -0.39 is 0 Å². The third-order valence-electron chi connectivity index (χ3n) is 10.00. The van der Waals surface area contributed by atoms with Crippen LogP contribution in [0.25, 0.3) is 27.5 Å². The Kier molecular flexibility index (Phi) is 4.34. The summed E-state index contributed by atoms with van der Waals surface area (Å²) >= 11 is 0. The molecule has 0 fully saturated rings. The van der Waals surface area contributed by atoms with Crippen LogP contribution in [0.5, 0.6) is 11.5 Å². The average molecular weight is 550 g/mol. The van der Waals surface area contributed by atoms with E-state index in [1.807, 2.05) is 0 Å². The quantitative estimate of drug-likeness (QED) is 0.194. The van der Waals surface area contributed by atoms with Crippen LogP contribution in [0.15, 0.2) is 127 Å². The second-order valence-electron chi connectivity index (χ2n) is 12.5. The van der Waals surface area contributed by atoms with Gasteiger partial charge in [-0.05, 0) is 70.6 Å². The lowest BCUT2D eigenvalue weighted by atomic mass is 9.30. The van der Waals surface area contributed by atoms with Gasteiger partial charge in [0.05, 0.1) is 22.4 Å². The van der Waals surface area contributed by atoms with Crippen LogP contribution < -0.4 is 26.0 Å². The van der Waals surface area contributed by atoms with Crippen molar-refractivity contribution in [2.24, 2.45) is 0 Å². The third kappa shape index (κ3) is 2.81. The Bertz CT molecular complexity index is 2320. The van der Waals surface area contributed by atoms with Gasteiger partial charge in [-0.25, -0.2) is 0 Å². The van der Waals surface area contributed by atoms with E-state index in [2.05, 4.69) is 151 Å². The molecule has 6 aromatic carbocycles. The zero-order valence-corrected chi connectivity index (χ0v) is 24.0. The maximum atomic E-state index is 6.54. The van der Waals surface area contributed by atoms with Crippen LogP contribution in [-0.2, 0) is 5.41 Å². The minimum absolute atomic E-state index is 0.109. The molecule has 4 heterocycles. The Hall–Kier alpha value is -5.22. The smallest absolute Gasteiger partial charge is 0.247 e. The van der Waals surface area contributed by atoms with Crippen LogP contribution >= 0.6 is 0 Å². The number of rotatable bonds is 1. The molecule has 10 rings (SSSR count). The van der Waals surface area contributed by atoms with Crippen molar-refractivity contribution in [1.82, 2.24) is 4.57 Å². The van der Waals surface area contributed by atoms with Crippen LogP contribution in [0, 0.1) is 0 Å². The molecule has 3 aliphatic rings. The van der Waals surface area contributed by atoms with Gasteiger partial charge >= 0.3 is 0 Å². The lowest BCUT2D eigenvalue weighted by Gasteiger charge is -2.47. The molecule has 0 N–H and O–H groups in total. The van der Waals surface area contributed by atoms with Crippen LogP contribution in [0.2, 0.25) is 0 Å². The van der Waals surface area contributed by atoms with E-state index in [1.165, 1.54) is 60.7 Å². The number of para-hydroxylation sites is 5. The van der Waals surface area contributed by atoms with Crippen molar-refractivity contribution in [3.05, 3.63) is 139 Å². The highest BCUT2D eigenvalue weighted by molar-refractivity contribution is 6.99. The zero-order valence-electron chi connectivity index (χ0n) is 24.0. The summed E-state index contributed by atoms with van der Waals surface area (Å²) in [4.78, 5) is 2.44. The highest BCUT2D eigenvalue weighted by atomic mass is 16.5. The van der Waals surface area contributed by atoms with Gasteiger partial charge in [0.2, 0.25) is 6.71 Å². The molecule has 3 aliphatic heterocycles. The summed E-state index contributed by atoms with van der Waals surface area (Å²) in [5.41, 5.74) is 13.9. The number of fused-ring (bicyclic) bond motifs is 10. The first-order chi connectivity index (χ1) is 21.1. The molecule has 4 heteroatoms. The topological polar surface area (TPSA) is 17.4 Å². The standard InChI is InChI=1S/C39H27BN2O/c1-39(2)26-15-10-19-32-37(26)40(28-16-11-21-34-38(28)42(32)30-18-8-9-20-33(30)43-34)27-22-23-31-35(36(27)39)25-14-6-7-17-29(25)41(31)24-12-4-3-5-13-24/h3-23H,1-2H3. The minimum atomic E-state index is -0.219. The zero-order chi connectivity index (χ0) is 28.4. The maximum Gasteiger partial charge on any atom is 0.247 e. The highest BCUT2D eigenvalue weighted by Gasteiger charge is 2.48. The minimum Gasteiger partial charge on any atom is -0.453 e. The molecule has 1 aromatic heterocycles. The predicted molar refractivity (Wildman–Crippen MR) is 179 cm³/mol. The fourth-order valence-corrected chi connectivity index (χ4v) is 8.37. The van der Waals surface area contributed by atoms with E-state index in [0.717, 1.165) is 22.9 Å². The van der Waals surface area contributed by atoms with Gasteiger partial charge in [0, 0.05) is 27.6 Å². The van der Waals surface area contributed by atoms with E-state index in [0.29, 0.717) is 0 Å². The van der Waals surface area contributed by atoms with E-state index in [4.69, 9.17) is 4.74 Å². The Balaban J connectivity index is 1.35. The molecule has 3 nitrogen and oxygen atoms in total. The Morgan fingerprint density at radius 1 is 0.605 bits per heavy atom. The van der Waals surface area contributed by atoms with Crippen molar-refractivity contribution in [2.45, 2.75) is 19.3 Å². The fourth-order valence-electron chi connectivity index (χ4n) is 8.37. The second kappa shape index (κ2) is 7.99. The van der Waals surface area contributed by atoms with Gasteiger partial charge < -0.3 is 14.2 Å². The molecule has 0 saturated heterocycles. The number of nitrogens with zero attached hydrogens (tertiary/aromatic N) is 2.